The molecule has 0 spiro atoms. The summed E-state index contributed by atoms with van der Waals surface area (Å²) < 4.78 is 0. The maximum absolute atomic E-state index is 10.9. The first-order chi connectivity index (χ1) is 6.25. The van der Waals surface area contributed by atoms with Gasteiger partial charge in [0, 0.05) is 0 Å². The standard InChI is InChI=1S/C10H8ClNO/c11-10(13)9(6-7-12)8-4-2-1-3-5-8/h1-5,9H,6H2/t9-/m0/s1. The fourth-order valence-electron chi connectivity index (χ4n) is 1.11. The first kappa shape index (κ1) is 9.76. The molecule has 66 valence electrons. The monoisotopic (exact) mass is 193 g/mol. The molecular weight excluding hydrogens is 186 g/mol. The molecule has 1 atom stereocenters. The molecule has 1 aromatic carbocycles. The summed E-state index contributed by atoms with van der Waals surface area (Å²) in [4.78, 5) is 10.9. The van der Waals surface area contributed by atoms with Crippen molar-refractivity contribution in [1.82, 2.24) is 0 Å². The zero-order valence-electron chi connectivity index (χ0n) is 6.90. The normalized spacial score (nSPS) is 11.7. The Bertz CT molecular complexity index is 329. The largest absolute Gasteiger partial charge is 0.281 e. The van der Waals surface area contributed by atoms with E-state index in [1.165, 1.54) is 0 Å². The Morgan fingerprint density at radius 1 is 1.46 bits per heavy atom. The maximum Gasteiger partial charge on any atom is 0.230 e. The molecule has 0 aliphatic carbocycles. The Hall–Kier alpha value is -1.33. The predicted molar refractivity (Wildman–Crippen MR) is 50.3 cm³/mol. The van der Waals surface area contributed by atoms with Crippen LogP contribution in [-0.2, 0) is 4.79 Å². The van der Waals surface area contributed by atoms with Crippen LogP contribution in [0, 0.1) is 11.3 Å². The first-order valence-corrected chi connectivity index (χ1v) is 4.24. The van der Waals surface area contributed by atoms with Crippen molar-refractivity contribution < 1.29 is 4.79 Å². The molecule has 1 aromatic rings. The molecule has 0 aliphatic heterocycles. The van der Waals surface area contributed by atoms with E-state index in [1.54, 1.807) is 12.1 Å². The van der Waals surface area contributed by atoms with E-state index in [9.17, 15) is 4.79 Å². The number of nitrogens with zero attached hydrogens (tertiary/aromatic N) is 1. The highest BCUT2D eigenvalue weighted by atomic mass is 35.5. The minimum Gasteiger partial charge on any atom is -0.281 e. The fourth-order valence-corrected chi connectivity index (χ4v) is 1.31. The van der Waals surface area contributed by atoms with Crippen LogP contribution in [0.25, 0.3) is 0 Å². The van der Waals surface area contributed by atoms with Gasteiger partial charge >= 0.3 is 0 Å². The van der Waals surface area contributed by atoms with Crippen molar-refractivity contribution in [1.29, 1.82) is 5.26 Å². The highest BCUT2D eigenvalue weighted by molar-refractivity contribution is 6.64. The molecule has 2 nitrogen and oxygen atoms in total. The number of hydrogen-bond acceptors (Lipinski definition) is 2. The Balaban J connectivity index is 2.90. The molecule has 0 bridgehead atoms. The molecular formula is C10H8ClNO. The van der Waals surface area contributed by atoms with Crippen molar-refractivity contribution in [2.75, 3.05) is 0 Å². The molecule has 0 amide bonds. The number of halogens is 1. The molecule has 0 N–H and O–H groups in total. The molecule has 0 radical (unpaired) electrons. The van der Waals surface area contributed by atoms with Gasteiger partial charge in [-0.25, -0.2) is 0 Å². The zero-order chi connectivity index (χ0) is 9.68. The van der Waals surface area contributed by atoms with Gasteiger partial charge in [-0.15, -0.1) is 0 Å². The number of rotatable bonds is 3. The van der Waals surface area contributed by atoms with E-state index in [0.717, 1.165) is 5.56 Å². The summed E-state index contributed by atoms with van der Waals surface area (Å²) in [6.07, 6.45) is 0.131. The third-order valence-electron chi connectivity index (χ3n) is 1.77. The van der Waals surface area contributed by atoms with Crippen LogP contribution in [0.1, 0.15) is 17.9 Å². The predicted octanol–water partition coefficient (Wildman–Crippen LogP) is 2.45. The summed E-state index contributed by atoms with van der Waals surface area (Å²) in [5.74, 6) is -0.493. The third kappa shape index (κ3) is 2.57. The molecule has 0 saturated heterocycles. The molecule has 3 heteroatoms. The van der Waals surface area contributed by atoms with Gasteiger partial charge in [-0.2, -0.15) is 5.26 Å². The van der Waals surface area contributed by atoms with Crippen LogP contribution in [0.2, 0.25) is 0 Å². The second kappa shape index (κ2) is 4.64. The number of carbonyl (C=O) groups is 1. The van der Waals surface area contributed by atoms with Gasteiger partial charge in [-0.3, -0.25) is 4.79 Å². The van der Waals surface area contributed by atoms with Crippen LogP contribution >= 0.6 is 11.6 Å². The molecule has 1 rings (SSSR count). The van der Waals surface area contributed by atoms with Gasteiger partial charge < -0.3 is 0 Å². The van der Waals surface area contributed by atoms with Gasteiger partial charge in [-0.1, -0.05) is 30.3 Å². The second-order valence-electron chi connectivity index (χ2n) is 2.63. The zero-order valence-corrected chi connectivity index (χ0v) is 7.66. The molecule has 0 fully saturated rings. The topological polar surface area (TPSA) is 40.9 Å². The van der Waals surface area contributed by atoms with Gasteiger partial charge in [0.25, 0.3) is 0 Å². The Morgan fingerprint density at radius 3 is 2.54 bits per heavy atom. The van der Waals surface area contributed by atoms with Crippen molar-refractivity contribution in [3.63, 3.8) is 0 Å². The molecule has 0 aromatic heterocycles. The van der Waals surface area contributed by atoms with E-state index in [2.05, 4.69) is 0 Å². The van der Waals surface area contributed by atoms with Gasteiger partial charge in [0.1, 0.15) is 0 Å². The minimum absolute atomic E-state index is 0.131. The smallest absolute Gasteiger partial charge is 0.230 e. The summed E-state index contributed by atoms with van der Waals surface area (Å²) in [6, 6.07) is 11.0. The quantitative estimate of drug-likeness (QED) is 0.692. The summed E-state index contributed by atoms with van der Waals surface area (Å²) in [5, 5.41) is 8.01. The average molecular weight is 194 g/mol. The van der Waals surface area contributed by atoms with E-state index in [4.69, 9.17) is 16.9 Å². The van der Waals surface area contributed by atoms with Gasteiger partial charge in [0.15, 0.2) is 0 Å². The summed E-state index contributed by atoms with van der Waals surface area (Å²) >= 11 is 5.37. The lowest BCUT2D eigenvalue weighted by Crippen LogP contribution is -2.05. The van der Waals surface area contributed by atoms with Crippen molar-refractivity contribution in [2.45, 2.75) is 12.3 Å². The van der Waals surface area contributed by atoms with E-state index in [1.807, 2.05) is 24.3 Å². The van der Waals surface area contributed by atoms with Crippen LogP contribution < -0.4 is 0 Å². The number of benzene rings is 1. The van der Waals surface area contributed by atoms with Crippen LogP contribution in [0.4, 0.5) is 0 Å². The second-order valence-corrected chi connectivity index (χ2v) is 3.00. The number of nitriles is 1. The molecule has 0 unspecified atom stereocenters. The third-order valence-corrected chi connectivity index (χ3v) is 2.03. The van der Waals surface area contributed by atoms with Crippen LogP contribution in [0.3, 0.4) is 0 Å². The van der Waals surface area contributed by atoms with Crippen molar-refractivity contribution >= 4 is 16.8 Å². The van der Waals surface area contributed by atoms with Crippen LogP contribution in [0.5, 0.6) is 0 Å². The first-order valence-electron chi connectivity index (χ1n) is 3.87. The van der Waals surface area contributed by atoms with Crippen LogP contribution in [0.15, 0.2) is 30.3 Å². The molecule has 0 aliphatic rings. The van der Waals surface area contributed by atoms with Gasteiger partial charge in [0.2, 0.25) is 5.24 Å². The maximum atomic E-state index is 10.9. The number of hydrogen-bond donors (Lipinski definition) is 0. The van der Waals surface area contributed by atoms with E-state index < -0.39 is 11.2 Å². The lowest BCUT2D eigenvalue weighted by atomic mass is 9.98. The highest BCUT2D eigenvalue weighted by Gasteiger charge is 2.17. The Kier molecular flexibility index (Phi) is 3.48. The van der Waals surface area contributed by atoms with Gasteiger partial charge in [0.05, 0.1) is 18.4 Å². The van der Waals surface area contributed by atoms with E-state index >= 15 is 0 Å². The summed E-state index contributed by atoms with van der Waals surface area (Å²) in [7, 11) is 0. The minimum atomic E-state index is -0.493. The fraction of sp³-hybridized carbons (Fsp3) is 0.200. The van der Waals surface area contributed by atoms with Crippen LogP contribution in [-0.4, -0.2) is 5.24 Å². The SMILES string of the molecule is N#CC[C@H](C(=O)Cl)c1ccccc1. The van der Waals surface area contributed by atoms with Crippen molar-refractivity contribution in [3.05, 3.63) is 35.9 Å². The van der Waals surface area contributed by atoms with Crippen molar-refractivity contribution in [3.8, 4) is 6.07 Å². The van der Waals surface area contributed by atoms with E-state index in [0.29, 0.717) is 0 Å². The lowest BCUT2D eigenvalue weighted by Gasteiger charge is -2.07. The molecule has 0 saturated carbocycles. The summed E-state index contributed by atoms with van der Waals surface area (Å²) in [5.41, 5.74) is 0.795. The van der Waals surface area contributed by atoms with E-state index in [-0.39, 0.29) is 6.42 Å². The van der Waals surface area contributed by atoms with Gasteiger partial charge in [-0.05, 0) is 17.2 Å². The highest BCUT2D eigenvalue weighted by Crippen LogP contribution is 2.21. The lowest BCUT2D eigenvalue weighted by molar-refractivity contribution is -0.112. The Morgan fingerprint density at radius 2 is 2.08 bits per heavy atom. The average Bonchev–Trinajstić information content (AvgIpc) is 2.15. The molecule has 0 heterocycles. The molecule has 13 heavy (non-hydrogen) atoms. The summed E-state index contributed by atoms with van der Waals surface area (Å²) in [6.45, 7) is 0. The number of carbonyl (C=O) groups excluding carboxylic acids is 1. The Labute approximate surface area is 81.7 Å². The van der Waals surface area contributed by atoms with Crippen molar-refractivity contribution in [2.24, 2.45) is 0 Å².